The van der Waals surface area contributed by atoms with Crippen LogP contribution in [0.3, 0.4) is 0 Å². The Kier molecular flexibility index (Phi) is 5.60. The van der Waals surface area contributed by atoms with Crippen molar-refractivity contribution in [1.29, 1.82) is 0 Å². The van der Waals surface area contributed by atoms with Crippen molar-refractivity contribution in [3.05, 3.63) is 89.3 Å². The van der Waals surface area contributed by atoms with Crippen LogP contribution in [0.25, 0.3) is 17.1 Å². The Morgan fingerprint density at radius 1 is 1.03 bits per heavy atom. The summed E-state index contributed by atoms with van der Waals surface area (Å²) in [7, 11) is 1.69. The van der Waals surface area contributed by atoms with E-state index >= 15 is 0 Å². The van der Waals surface area contributed by atoms with Crippen LogP contribution in [0.15, 0.2) is 66.9 Å². The molecule has 1 aliphatic rings. The highest BCUT2D eigenvalue weighted by Gasteiger charge is 2.25. The summed E-state index contributed by atoms with van der Waals surface area (Å²) in [6, 6.07) is 14.1. The minimum Gasteiger partial charge on any atom is -0.497 e. The SMILES string of the molecule is COc1ccc(CN2Cc3c(C)ccnc3C=C2C(C)Nc2ncnc3cccnc23)cc1. The molecule has 0 amide bonds. The van der Waals surface area contributed by atoms with Crippen molar-refractivity contribution in [3.63, 3.8) is 0 Å². The number of aromatic nitrogens is 4. The number of hydrogen-bond acceptors (Lipinski definition) is 7. The van der Waals surface area contributed by atoms with E-state index in [0.717, 1.165) is 47.1 Å². The van der Waals surface area contributed by atoms with E-state index in [1.165, 1.54) is 16.7 Å². The van der Waals surface area contributed by atoms with E-state index in [2.05, 4.69) is 68.3 Å². The number of anilines is 1. The molecule has 4 heterocycles. The van der Waals surface area contributed by atoms with Crippen molar-refractivity contribution in [3.8, 4) is 5.75 Å². The van der Waals surface area contributed by atoms with Crippen LogP contribution >= 0.6 is 0 Å². The summed E-state index contributed by atoms with van der Waals surface area (Å²) < 4.78 is 5.32. The predicted octanol–water partition coefficient (Wildman–Crippen LogP) is 4.59. The van der Waals surface area contributed by atoms with Crippen LogP contribution in [-0.2, 0) is 13.1 Å². The van der Waals surface area contributed by atoms with Gasteiger partial charge in [-0.05, 0) is 61.4 Å². The van der Waals surface area contributed by atoms with Crippen LogP contribution in [0.1, 0.15) is 29.3 Å². The van der Waals surface area contributed by atoms with Crippen LogP contribution in [0, 0.1) is 6.92 Å². The summed E-state index contributed by atoms with van der Waals surface area (Å²) >= 11 is 0. The summed E-state index contributed by atoms with van der Waals surface area (Å²) in [5.74, 6) is 1.58. The van der Waals surface area contributed by atoms with E-state index in [9.17, 15) is 0 Å². The Morgan fingerprint density at radius 3 is 2.70 bits per heavy atom. The smallest absolute Gasteiger partial charge is 0.156 e. The Balaban J connectivity index is 1.49. The van der Waals surface area contributed by atoms with E-state index in [4.69, 9.17) is 4.74 Å². The van der Waals surface area contributed by atoms with Gasteiger partial charge in [-0.2, -0.15) is 0 Å². The van der Waals surface area contributed by atoms with Crippen LogP contribution in [0.5, 0.6) is 5.75 Å². The number of benzene rings is 1. The third-order valence-corrected chi connectivity index (χ3v) is 6.05. The first kappa shape index (κ1) is 20.9. The third-order valence-electron chi connectivity index (χ3n) is 6.05. The highest BCUT2D eigenvalue weighted by atomic mass is 16.5. The molecule has 1 aromatic carbocycles. The molecule has 1 atom stereocenters. The molecule has 0 saturated carbocycles. The molecule has 0 spiro atoms. The largest absolute Gasteiger partial charge is 0.497 e. The molecule has 0 aliphatic carbocycles. The van der Waals surface area contributed by atoms with Gasteiger partial charge in [-0.15, -0.1) is 0 Å². The van der Waals surface area contributed by atoms with Crippen molar-refractivity contribution in [2.75, 3.05) is 12.4 Å². The molecule has 5 rings (SSSR count). The molecule has 7 heteroatoms. The van der Waals surface area contributed by atoms with E-state index in [-0.39, 0.29) is 6.04 Å². The highest BCUT2D eigenvalue weighted by molar-refractivity contribution is 5.84. The first-order valence-electron chi connectivity index (χ1n) is 11.0. The molecule has 0 bridgehead atoms. The van der Waals surface area contributed by atoms with E-state index < -0.39 is 0 Å². The van der Waals surface area contributed by atoms with Gasteiger partial charge in [0.2, 0.25) is 0 Å². The molecule has 33 heavy (non-hydrogen) atoms. The highest BCUT2D eigenvalue weighted by Crippen LogP contribution is 2.30. The molecule has 3 aromatic heterocycles. The van der Waals surface area contributed by atoms with E-state index in [1.54, 1.807) is 19.6 Å². The van der Waals surface area contributed by atoms with Gasteiger partial charge in [-0.25, -0.2) is 9.97 Å². The van der Waals surface area contributed by atoms with Crippen molar-refractivity contribution >= 4 is 22.9 Å². The van der Waals surface area contributed by atoms with Crippen molar-refractivity contribution in [2.24, 2.45) is 0 Å². The number of rotatable bonds is 6. The second kappa shape index (κ2) is 8.86. The fourth-order valence-electron chi connectivity index (χ4n) is 4.23. The molecule has 4 aromatic rings. The molecule has 1 unspecified atom stereocenters. The zero-order chi connectivity index (χ0) is 22.8. The summed E-state index contributed by atoms with van der Waals surface area (Å²) in [5.41, 5.74) is 7.48. The predicted molar refractivity (Wildman–Crippen MR) is 130 cm³/mol. The Morgan fingerprint density at radius 2 is 1.88 bits per heavy atom. The maximum Gasteiger partial charge on any atom is 0.156 e. The third kappa shape index (κ3) is 4.22. The zero-order valence-corrected chi connectivity index (χ0v) is 19.0. The van der Waals surface area contributed by atoms with Gasteiger partial charge in [0.25, 0.3) is 0 Å². The molecule has 166 valence electrons. The summed E-state index contributed by atoms with van der Waals surface area (Å²) in [6.45, 7) is 5.86. The monoisotopic (exact) mass is 438 g/mol. The topological polar surface area (TPSA) is 76.1 Å². The van der Waals surface area contributed by atoms with Gasteiger partial charge < -0.3 is 15.0 Å². The van der Waals surface area contributed by atoms with Crippen LogP contribution in [0.4, 0.5) is 5.82 Å². The maximum atomic E-state index is 5.32. The fraction of sp³-hybridized carbons (Fsp3) is 0.231. The number of nitrogens with zero attached hydrogens (tertiary/aromatic N) is 5. The van der Waals surface area contributed by atoms with Gasteiger partial charge in [-0.1, -0.05) is 12.1 Å². The first-order chi connectivity index (χ1) is 16.1. The van der Waals surface area contributed by atoms with Gasteiger partial charge in [0, 0.05) is 36.7 Å². The molecule has 0 radical (unpaired) electrons. The minimum atomic E-state index is -0.0150. The number of aryl methyl sites for hydroxylation is 1. The standard InChI is InChI=1S/C26H26N6O/c1-17-10-12-27-23-13-24(18(2)31-26-25-22(29-16-30-26)5-4-11-28-25)32(15-21(17)23)14-19-6-8-20(33-3)9-7-19/h4-13,16,18H,14-15H2,1-3H3,(H,29,30,31). The fourth-order valence-corrected chi connectivity index (χ4v) is 4.23. The molecule has 0 fully saturated rings. The lowest BCUT2D eigenvalue weighted by Gasteiger charge is -2.35. The maximum absolute atomic E-state index is 5.32. The Labute approximate surface area is 193 Å². The average Bonchev–Trinajstić information content (AvgIpc) is 2.85. The number of fused-ring (bicyclic) bond motifs is 2. The molecular formula is C26H26N6O. The normalized spacial score (nSPS) is 13.9. The summed E-state index contributed by atoms with van der Waals surface area (Å²) in [5, 5.41) is 3.56. The number of ether oxygens (including phenoxy) is 1. The number of pyridine rings is 2. The first-order valence-corrected chi connectivity index (χ1v) is 11.0. The molecular weight excluding hydrogens is 412 g/mol. The number of hydrogen-bond donors (Lipinski definition) is 1. The molecule has 1 N–H and O–H groups in total. The number of methoxy groups -OCH3 is 1. The second-order valence-corrected chi connectivity index (χ2v) is 8.22. The van der Waals surface area contributed by atoms with Crippen molar-refractivity contribution in [2.45, 2.75) is 33.0 Å². The molecule has 1 aliphatic heterocycles. The van der Waals surface area contributed by atoms with Crippen LogP contribution in [-0.4, -0.2) is 38.0 Å². The average molecular weight is 439 g/mol. The van der Waals surface area contributed by atoms with Crippen molar-refractivity contribution in [1.82, 2.24) is 24.8 Å². The van der Waals surface area contributed by atoms with E-state index in [0.29, 0.717) is 0 Å². The van der Waals surface area contributed by atoms with Gasteiger partial charge in [-0.3, -0.25) is 9.97 Å². The lowest BCUT2D eigenvalue weighted by atomic mass is 9.99. The van der Waals surface area contributed by atoms with Gasteiger partial charge >= 0.3 is 0 Å². The minimum absolute atomic E-state index is 0.0150. The second-order valence-electron chi connectivity index (χ2n) is 8.22. The van der Waals surface area contributed by atoms with Gasteiger partial charge in [0.05, 0.1) is 24.4 Å². The lowest BCUT2D eigenvalue weighted by Crippen LogP contribution is -2.35. The zero-order valence-electron chi connectivity index (χ0n) is 19.0. The van der Waals surface area contributed by atoms with E-state index in [1.807, 2.05) is 30.5 Å². The lowest BCUT2D eigenvalue weighted by molar-refractivity contribution is 0.310. The van der Waals surface area contributed by atoms with Crippen molar-refractivity contribution < 1.29 is 4.74 Å². The quantitative estimate of drug-likeness (QED) is 0.472. The molecule has 7 nitrogen and oxygen atoms in total. The number of nitrogens with one attached hydrogen (secondary N) is 1. The van der Waals surface area contributed by atoms with Gasteiger partial charge in [0.15, 0.2) is 5.82 Å². The molecule has 0 saturated heterocycles. The van der Waals surface area contributed by atoms with Crippen LogP contribution < -0.4 is 10.1 Å². The Bertz CT molecular complexity index is 1310. The van der Waals surface area contributed by atoms with Gasteiger partial charge in [0.1, 0.15) is 17.6 Å². The Hall–Kier alpha value is -4.00. The van der Waals surface area contributed by atoms with Crippen LogP contribution in [0.2, 0.25) is 0 Å². The summed E-state index contributed by atoms with van der Waals surface area (Å²) in [6.07, 6.45) is 7.40. The summed E-state index contributed by atoms with van der Waals surface area (Å²) in [4.78, 5) is 20.3.